The molecule has 0 bridgehead atoms. The summed E-state index contributed by atoms with van der Waals surface area (Å²) in [6.45, 7) is 0. The molecular formula is C10H9ClFN3O. The third-order valence-electron chi connectivity index (χ3n) is 2.10. The lowest BCUT2D eigenvalue weighted by Gasteiger charge is -2.03. The van der Waals surface area contributed by atoms with E-state index >= 15 is 0 Å². The van der Waals surface area contributed by atoms with Crippen molar-refractivity contribution >= 4 is 17.5 Å². The molecule has 0 spiro atoms. The Morgan fingerprint density at radius 2 is 2.25 bits per heavy atom. The van der Waals surface area contributed by atoms with Gasteiger partial charge in [0, 0.05) is 5.56 Å². The minimum absolute atomic E-state index is 0.170. The summed E-state index contributed by atoms with van der Waals surface area (Å²) in [5, 5.41) is 0.280. The molecule has 4 nitrogen and oxygen atoms in total. The topological polar surface area (TPSA) is 63.9 Å². The van der Waals surface area contributed by atoms with Crippen LogP contribution < -0.4 is 10.5 Å². The van der Waals surface area contributed by atoms with Crippen LogP contribution in [0.1, 0.15) is 0 Å². The molecule has 0 fully saturated rings. The van der Waals surface area contributed by atoms with Crippen LogP contribution in [0.2, 0.25) is 5.15 Å². The molecule has 0 radical (unpaired) electrons. The van der Waals surface area contributed by atoms with Gasteiger partial charge in [0.1, 0.15) is 10.8 Å². The van der Waals surface area contributed by atoms with Crippen molar-refractivity contribution < 1.29 is 9.13 Å². The average molecular weight is 242 g/mol. The fraction of sp³-hybridized carbons (Fsp3) is 0.100. The molecule has 0 amide bonds. The number of ether oxygens (including phenoxy) is 1. The maximum Gasteiger partial charge on any atom is 0.199 e. The van der Waals surface area contributed by atoms with Crippen LogP contribution in [-0.2, 0) is 0 Å². The van der Waals surface area contributed by atoms with Crippen molar-refractivity contribution in [3.63, 3.8) is 0 Å². The van der Waals surface area contributed by atoms with Crippen LogP contribution in [0, 0.1) is 5.82 Å². The molecule has 1 heterocycles. The first-order valence-corrected chi connectivity index (χ1v) is 4.84. The van der Waals surface area contributed by atoms with E-state index in [1.807, 2.05) is 0 Å². The number of aromatic nitrogens is 2. The fourth-order valence-corrected chi connectivity index (χ4v) is 1.62. The number of aromatic amines is 1. The van der Waals surface area contributed by atoms with E-state index in [4.69, 9.17) is 22.1 Å². The van der Waals surface area contributed by atoms with Crippen molar-refractivity contribution in [2.75, 3.05) is 12.8 Å². The number of nitrogen functional groups attached to an aromatic ring is 1. The first-order chi connectivity index (χ1) is 7.61. The maximum atomic E-state index is 13.4. The SMILES string of the molecule is COc1ccc(-c2nc(N)[nH]c2Cl)cc1F. The van der Waals surface area contributed by atoms with E-state index in [2.05, 4.69) is 9.97 Å². The molecule has 16 heavy (non-hydrogen) atoms. The number of nitrogens with zero attached hydrogens (tertiary/aromatic N) is 1. The Bertz CT molecular complexity index is 527. The van der Waals surface area contributed by atoms with Crippen molar-refractivity contribution in [2.45, 2.75) is 0 Å². The Kier molecular flexibility index (Phi) is 2.70. The quantitative estimate of drug-likeness (QED) is 0.849. The van der Waals surface area contributed by atoms with Crippen LogP contribution in [0.5, 0.6) is 5.75 Å². The normalized spacial score (nSPS) is 10.4. The molecule has 0 atom stereocenters. The number of hydrogen-bond donors (Lipinski definition) is 2. The van der Waals surface area contributed by atoms with Gasteiger partial charge in [-0.05, 0) is 18.2 Å². The second-order valence-corrected chi connectivity index (χ2v) is 3.51. The average Bonchev–Trinajstić information content (AvgIpc) is 2.58. The van der Waals surface area contributed by atoms with Crippen LogP contribution in [0.15, 0.2) is 18.2 Å². The van der Waals surface area contributed by atoms with Gasteiger partial charge in [-0.2, -0.15) is 0 Å². The molecule has 2 rings (SSSR count). The molecule has 84 valence electrons. The molecule has 3 N–H and O–H groups in total. The van der Waals surface area contributed by atoms with E-state index < -0.39 is 5.82 Å². The second-order valence-electron chi connectivity index (χ2n) is 3.13. The molecule has 0 aliphatic carbocycles. The molecule has 0 aliphatic rings. The zero-order valence-electron chi connectivity index (χ0n) is 8.42. The highest BCUT2D eigenvalue weighted by Crippen LogP contribution is 2.29. The highest BCUT2D eigenvalue weighted by Gasteiger charge is 2.11. The highest BCUT2D eigenvalue weighted by molar-refractivity contribution is 6.32. The largest absolute Gasteiger partial charge is 0.494 e. The van der Waals surface area contributed by atoms with Gasteiger partial charge in [-0.3, -0.25) is 0 Å². The first kappa shape index (κ1) is 10.8. The third-order valence-corrected chi connectivity index (χ3v) is 2.38. The van der Waals surface area contributed by atoms with Gasteiger partial charge >= 0.3 is 0 Å². The number of hydrogen-bond acceptors (Lipinski definition) is 3. The molecule has 1 aromatic carbocycles. The molecule has 6 heteroatoms. The molecular weight excluding hydrogens is 233 g/mol. The van der Waals surface area contributed by atoms with Gasteiger partial charge in [0.2, 0.25) is 0 Å². The van der Waals surface area contributed by atoms with E-state index in [0.29, 0.717) is 11.3 Å². The third kappa shape index (κ3) is 1.81. The smallest absolute Gasteiger partial charge is 0.199 e. The Morgan fingerprint density at radius 3 is 2.75 bits per heavy atom. The summed E-state index contributed by atoms with van der Waals surface area (Å²) in [5.74, 6) is -0.114. The molecule has 0 unspecified atom stereocenters. The van der Waals surface area contributed by atoms with Gasteiger partial charge in [0.05, 0.1) is 7.11 Å². The fourth-order valence-electron chi connectivity index (χ4n) is 1.37. The predicted molar refractivity (Wildman–Crippen MR) is 60.0 cm³/mol. The standard InChI is InChI=1S/C10H9ClFN3O/c1-16-7-3-2-5(4-6(7)12)8-9(11)15-10(13)14-8/h2-4H,1H3,(H3,13,14,15). The monoisotopic (exact) mass is 241 g/mol. The Morgan fingerprint density at radius 1 is 1.50 bits per heavy atom. The minimum Gasteiger partial charge on any atom is -0.494 e. The molecule has 0 saturated heterocycles. The summed E-state index contributed by atoms with van der Waals surface area (Å²) in [5.41, 5.74) is 6.40. The van der Waals surface area contributed by atoms with Crippen LogP contribution in [0.3, 0.4) is 0 Å². The summed E-state index contributed by atoms with van der Waals surface area (Å²) < 4.78 is 18.2. The van der Waals surface area contributed by atoms with Gasteiger partial charge in [-0.15, -0.1) is 0 Å². The number of H-pyrrole nitrogens is 1. The molecule has 1 aromatic heterocycles. The summed E-state index contributed by atoms with van der Waals surface area (Å²) in [6, 6.07) is 4.45. The van der Waals surface area contributed by atoms with E-state index in [0.717, 1.165) is 0 Å². The van der Waals surface area contributed by atoms with E-state index in [1.165, 1.54) is 19.2 Å². The van der Waals surface area contributed by atoms with E-state index in [1.54, 1.807) is 6.07 Å². The van der Waals surface area contributed by atoms with E-state index in [-0.39, 0.29) is 16.9 Å². The Hall–Kier alpha value is -1.75. The number of methoxy groups -OCH3 is 1. The summed E-state index contributed by atoms with van der Waals surface area (Å²) >= 11 is 5.85. The van der Waals surface area contributed by atoms with E-state index in [9.17, 15) is 4.39 Å². The van der Waals surface area contributed by atoms with Gasteiger partial charge in [-0.25, -0.2) is 9.37 Å². The number of nitrogens with two attached hydrogens (primary N) is 1. The lowest BCUT2D eigenvalue weighted by molar-refractivity contribution is 0.386. The van der Waals surface area contributed by atoms with Crippen LogP contribution in [0.25, 0.3) is 11.3 Å². The van der Waals surface area contributed by atoms with Crippen LogP contribution >= 0.6 is 11.6 Å². The van der Waals surface area contributed by atoms with Gasteiger partial charge in [-0.1, -0.05) is 11.6 Å². The zero-order chi connectivity index (χ0) is 11.7. The number of benzene rings is 1. The number of anilines is 1. The summed E-state index contributed by atoms with van der Waals surface area (Å²) in [4.78, 5) is 6.59. The number of rotatable bonds is 2. The lowest BCUT2D eigenvalue weighted by Crippen LogP contribution is -1.89. The maximum absolute atomic E-state index is 13.4. The van der Waals surface area contributed by atoms with Crippen LogP contribution in [-0.4, -0.2) is 17.1 Å². The van der Waals surface area contributed by atoms with Gasteiger partial charge in [0.25, 0.3) is 0 Å². The number of nitrogens with one attached hydrogen (secondary N) is 1. The summed E-state index contributed by atoms with van der Waals surface area (Å²) in [7, 11) is 1.40. The Labute approximate surface area is 96.2 Å². The minimum atomic E-state index is -0.474. The van der Waals surface area contributed by atoms with Crippen molar-refractivity contribution in [3.05, 3.63) is 29.2 Å². The van der Waals surface area contributed by atoms with Crippen molar-refractivity contribution in [1.82, 2.24) is 9.97 Å². The lowest BCUT2D eigenvalue weighted by atomic mass is 10.1. The van der Waals surface area contributed by atoms with Gasteiger partial charge in [0.15, 0.2) is 17.5 Å². The molecule has 0 aliphatic heterocycles. The first-order valence-electron chi connectivity index (χ1n) is 4.46. The van der Waals surface area contributed by atoms with Crippen molar-refractivity contribution in [3.8, 4) is 17.0 Å². The zero-order valence-corrected chi connectivity index (χ0v) is 9.18. The Balaban J connectivity index is 2.49. The van der Waals surface area contributed by atoms with Crippen LogP contribution in [0.4, 0.5) is 10.3 Å². The van der Waals surface area contributed by atoms with Crippen molar-refractivity contribution in [2.24, 2.45) is 0 Å². The predicted octanol–water partition coefficient (Wildman–Crippen LogP) is 2.46. The van der Waals surface area contributed by atoms with Gasteiger partial charge < -0.3 is 15.5 Å². The molecule has 2 aromatic rings. The number of halogens is 2. The molecule has 0 saturated carbocycles. The summed E-state index contributed by atoms with van der Waals surface area (Å²) in [6.07, 6.45) is 0. The number of imidazole rings is 1. The van der Waals surface area contributed by atoms with Crippen molar-refractivity contribution in [1.29, 1.82) is 0 Å². The second kappa shape index (κ2) is 4.02. The highest BCUT2D eigenvalue weighted by atomic mass is 35.5.